The van der Waals surface area contributed by atoms with Crippen LogP contribution in [-0.2, 0) is 6.42 Å². The maximum absolute atomic E-state index is 10.9. The zero-order chi connectivity index (χ0) is 14.7. The number of ether oxygens (including phenoxy) is 1. The van der Waals surface area contributed by atoms with E-state index in [1.54, 1.807) is 19.2 Å². The van der Waals surface area contributed by atoms with Crippen LogP contribution in [0.2, 0.25) is 0 Å². The molecule has 1 aliphatic carbocycles. The van der Waals surface area contributed by atoms with Crippen molar-refractivity contribution in [1.82, 2.24) is 0 Å². The van der Waals surface area contributed by atoms with Crippen molar-refractivity contribution in [3.63, 3.8) is 0 Å². The highest BCUT2D eigenvalue weighted by Gasteiger charge is 2.27. The molecule has 0 bridgehead atoms. The van der Waals surface area contributed by atoms with Crippen molar-refractivity contribution >= 4 is 5.69 Å². The van der Waals surface area contributed by atoms with Crippen LogP contribution in [0.5, 0.6) is 5.75 Å². The van der Waals surface area contributed by atoms with Gasteiger partial charge in [-0.1, -0.05) is 6.92 Å². The van der Waals surface area contributed by atoms with Crippen LogP contribution in [-0.4, -0.2) is 18.1 Å². The maximum Gasteiger partial charge on any atom is 0.269 e. The lowest BCUT2D eigenvalue weighted by Crippen LogP contribution is -2.36. The highest BCUT2D eigenvalue weighted by molar-refractivity contribution is 5.44. The predicted molar refractivity (Wildman–Crippen MR) is 77.8 cm³/mol. The van der Waals surface area contributed by atoms with Gasteiger partial charge in [0.25, 0.3) is 5.69 Å². The second-order valence-electron chi connectivity index (χ2n) is 5.80. The Morgan fingerprint density at radius 1 is 1.45 bits per heavy atom. The second kappa shape index (κ2) is 6.22. The van der Waals surface area contributed by atoms with Gasteiger partial charge < -0.3 is 10.5 Å². The first-order valence-corrected chi connectivity index (χ1v) is 7.08. The summed E-state index contributed by atoms with van der Waals surface area (Å²) in [5.74, 6) is 1.75. The Morgan fingerprint density at radius 2 is 2.20 bits per heavy atom. The molecule has 1 aromatic carbocycles. The molecular formula is C15H22N2O3. The average Bonchev–Trinajstić information content (AvgIpc) is 2.42. The van der Waals surface area contributed by atoms with Crippen molar-refractivity contribution in [3.8, 4) is 5.75 Å². The molecule has 20 heavy (non-hydrogen) atoms. The minimum absolute atomic E-state index is 0.109. The number of rotatable bonds is 4. The van der Waals surface area contributed by atoms with E-state index in [0.717, 1.165) is 24.8 Å². The topological polar surface area (TPSA) is 78.4 Å². The fourth-order valence-corrected chi connectivity index (χ4v) is 3.08. The molecule has 0 amide bonds. The number of methoxy groups -OCH3 is 1. The molecule has 5 nitrogen and oxygen atoms in total. The summed E-state index contributed by atoms with van der Waals surface area (Å²) in [6.45, 7) is 2.24. The van der Waals surface area contributed by atoms with Gasteiger partial charge in [0.15, 0.2) is 0 Å². The summed E-state index contributed by atoms with van der Waals surface area (Å²) >= 11 is 0. The summed E-state index contributed by atoms with van der Waals surface area (Å²) in [6.07, 6.45) is 4.02. The van der Waals surface area contributed by atoms with Gasteiger partial charge in [0, 0.05) is 23.7 Å². The summed E-state index contributed by atoms with van der Waals surface area (Å²) in [7, 11) is 1.59. The number of hydrogen-bond donors (Lipinski definition) is 1. The molecule has 0 aromatic heterocycles. The van der Waals surface area contributed by atoms with Gasteiger partial charge >= 0.3 is 0 Å². The zero-order valence-electron chi connectivity index (χ0n) is 12.0. The van der Waals surface area contributed by atoms with E-state index in [1.165, 1.54) is 12.5 Å². The van der Waals surface area contributed by atoms with Gasteiger partial charge in [-0.15, -0.1) is 0 Å². The summed E-state index contributed by atoms with van der Waals surface area (Å²) in [6, 6.07) is 4.94. The number of nitrogens with zero attached hydrogens (tertiary/aromatic N) is 1. The first-order valence-electron chi connectivity index (χ1n) is 7.08. The fraction of sp³-hybridized carbons (Fsp3) is 0.600. The third-order valence-electron chi connectivity index (χ3n) is 4.26. The average molecular weight is 278 g/mol. The Bertz CT molecular complexity index is 490. The smallest absolute Gasteiger partial charge is 0.269 e. The van der Waals surface area contributed by atoms with E-state index in [2.05, 4.69) is 6.92 Å². The minimum Gasteiger partial charge on any atom is -0.496 e. The molecule has 5 heteroatoms. The Morgan fingerprint density at radius 3 is 2.85 bits per heavy atom. The van der Waals surface area contributed by atoms with Gasteiger partial charge in [0.1, 0.15) is 5.75 Å². The monoisotopic (exact) mass is 278 g/mol. The van der Waals surface area contributed by atoms with Crippen molar-refractivity contribution < 1.29 is 9.66 Å². The van der Waals surface area contributed by atoms with Crippen LogP contribution < -0.4 is 10.5 Å². The minimum atomic E-state index is -0.369. The highest BCUT2D eigenvalue weighted by Crippen LogP contribution is 2.33. The largest absolute Gasteiger partial charge is 0.496 e. The lowest BCUT2D eigenvalue weighted by Gasteiger charge is -2.32. The van der Waals surface area contributed by atoms with E-state index < -0.39 is 0 Å². The molecule has 0 radical (unpaired) electrons. The number of nitrogens with two attached hydrogens (primary N) is 1. The number of hydrogen-bond acceptors (Lipinski definition) is 4. The van der Waals surface area contributed by atoms with Crippen LogP contribution in [0.4, 0.5) is 5.69 Å². The highest BCUT2D eigenvalue weighted by atomic mass is 16.6. The third kappa shape index (κ3) is 3.28. The lowest BCUT2D eigenvalue weighted by molar-refractivity contribution is -0.384. The fourth-order valence-electron chi connectivity index (χ4n) is 3.08. The summed E-state index contributed by atoms with van der Waals surface area (Å²) in [4.78, 5) is 10.5. The van der Waals surface area contributed by atoms with E-state index in [1.807, 2.05) is 0 Å². The van der Waals surface area contributed by atoms with Gasteiger partial charge in [0.2, 0.25) is 0 Å². The Hall–Kier alpha value is -1.62. The van der Waals surface area contributed by atoms with E-state index in [0.29, 0.717) is 17.6 Å². The zero-order valence-corrected chi connectivity index (χ0v) is 12.0. The van der Waals surface area contributed by atoms with Crippen LogP contribution in [0, 0.1) is 22.0 Å². The van der Waals surface area contributed by atoms with Crippen molar-refractivity contribution in [2.24, 2.45) is 17.6 Å². The Kier molecular flexibility index (Phi) is 4.60. The molecule has 1 saturated carbocycles. The molecule has 0 heterocycles. The quantitative estimate of drug-likeness (QED) is 0.678. The molecule has 2 rings (SSSR count). The Balaban J connectivity index is 2.22. The van der Waals surface area contributed by atoms with E-state index in [-0.39, 0.29) is 16.7 Å². The lowest BCUT2D eigenvalue weighted by atomic mass is 9.76. The molecule has 1 fully saturated rings. The molecular weight excluding hydrogens is 256 g/mol. The molecule has 0 saturated heterocycles. The molecule has 110 valence electrons. The van der Waals surface area contributed by atoms with Crippen molar-refractivity contribution in [2.45, 2.75) is 38.6 Å². The van der Waals surface area contributed by atoms with Crippen molar-refractivity contribution in [2.75, 3.05) is 7.11 Å². The Labute approximate surface area is 119 Å². The molecule has 2 N–H and O–H groups in total. The molecule has 1 aromatic rings. The summed E-state index contributed by atoms with van der Waals surface area (Å²) in [5.41, 5.74) is 7.20. The van der Waals surface area contributed by atoms with E-state index >= 15 is 0 Å². The van der Waals surface area contributed by atoms with Gasteiger partial charge in [-0.3, -0.25) is 10.1 Å². The van der Waals surface area contributed by atoms with Crippen LogP contribution >= 0.6 is 0 Å². The van der Waals surface area contributed by atoms with Crippen LogP contribution in [0.1, 0.15) is 31.7 Å². The summed E-state index contributed by atoms with van der Waals surface area (Å²) in [5, 5.41) is 10.9. The molecule has 0 aliphatic heterocycles. The normalized spacial score (nSPS) is 26.2. The van der Waals surface area contributed by atoms with Gasteiger partial charge in [0.05, 0.1) is 12.0 Å². The van der Waals surface area contributed by atoms with E-state index in [4.69, 9.17) is 10.5 Å². The SMILES string of the molecule is COc1ccc([N+](=O)[O-])cc1CC1CC(C)CCC1N. The van der Waals surface area contributed by atoms with Crippen molar-refractivity contribution in [3.05, 3.63) is 33.9 Å². The third-order valence-corrected chi connectivity index (χ3v) is 4.26. The number of benzene rings is 1. The van der Waals surface area contributed by atoms with Gasteiger partial charge in [-0.25, -0.2) is 0 Å². The van der Waals surface area contributed by atoms with Crippen LogP contribution in [0.3, 0.4) is 0 Å². The standard InChI is InChI=1S/C15H22N2O3/c1-10-3-5-14(16)11(7-10)8-12-9-13(17(18)19)4-6-15(12)20-2/h4,6,9-11,14H,3,5,7-8,16H2,1-2H3. The van der Waals surface area contributed by atoms with Crippen LogP contribution in [0.25, 0.3) is 0 Å². The molecule has 0 spiro atoms. The molecule has 3 unspecified atom stereocenters. The molecule has 1 aliphatic rings. The number of non-ortho nitro benzene ring substituents is 1. The van der Waals surface area contributed by atoms with Gasteiger partial charge in [-0.05, 0) is 43.6 Å². The van der Waals surface area contributed by atoms with Gasteiger partial charge in [-0.2, -0.15) is 0 Å². The van der Waals surface area contributed by atoms with Crippen LogP contribution in [0.15, 0.2) is 18.2 Å². The predicted octanol–water partition coefficient (Wildman–Crippen LogP) is 2.91. The first kappa shape index (κ1) is 14.8. The van der Waals surface area contributed by atoms with Crippen molar-refractivity contribution in [1.29, 1.82) is 0 Å². The first-order chi connectivity index (χ1) is 9.51. The number of nitro groups is 1. The molecule has 3 atom stereocenters. The van der Waals surface area contributed by atoms with E-state index in [9.17, 15) is 10.1 Å². The number of nitro benzene ring substituents is 1. The second-order valence-corrected chi connectivity index (χ2v) is 5.80. The summed E-state index contributed by atoms with van der Waals surface area (Å²) < 4.78 is 5.32. The maximum atomic E-state index is 10.9.